The molecule has 3 saturated carbocycles. The third-order valence-corrected chi connectivity index (χ3v) is 12.1. The number of allylic oxidation sites excluding steroid dienone is 4. The van der Waals surface area contributed by atoms with Crippen LogP contribution in [0.2, 0.25) is 0 Å². The van der Waals surface area contributed by atoms with E-state index in [1.165, 1.54) is 0 Å². The Balaban J connectivity index is 1.70. The molecule has 7 atom stereocenters. The highest BCUT2D eigenvalue weighted by Gasteiger charge is 2.69. The van der Waals surface area contributed by atoms with Crippen LogP contribution in [-0.4, -0.2) is 11.6 Å². The molecule has 0 saturated heterocycles. The average Bonchev–Trinajstić information content (AvgIpc) is 2.77. The molecule has 0 radical (unpaired) electrons. The maximum absolute atomic E-state index is 14.2. The minimum Gasteiger partial charge on any atom is -0.307 e. The van der Waals surface area contributed by atoms with Crippen LogP contribution in [0.15, 0.2) is 23.4 Å². The summed E-state index contributed by atoms with van der Waals surface area (Å²) in [5.74, 6) is 0.117. The van der Waals surface area contributed by atoms with Crippen LogP contribution >= 0.6 is 0 Å². The van der Waals surface area contributed by atoms with Crippen molar-refractivity contribution in [3.8, 4) is 6.07 Å². The zero-order valence-corrected chi connectivity index (χ0v) is 22.5. The monoisotopic (exact) mass is 472 g/mol. The van der Waals surface area contributed by atoms with Crippen molar-refractivity contribution in [3.63, 3.8) is 0 Å². The highest BCUT2D eigenvalue weighted by molar-refractivity contribution is 6.03. The van der Waals surface area contributed by atoms with Gasteiger partial charge >= 0.3 is 0 Å². The van der Waals surface area contributed by atoms with Gasteiger partial charge in [0.15, 0.2) is 11.6 Å². The number of nitriles is 1. The zero-order chi connectivity index (χ0) is 25.8. The van der Waals surface area contributed by atoms with Gasteiger partial charge in [0.1, 0.15) is 0 Å². The normalized spacial score (nSPS) is 47.5. The number of Topliss-reactive ketones (excluding diaryl/α,β-unsaturated/α-hetero) is 1. The Kier molecular flexibility index (Phi) is 4.88. The number of hydrogen-bond donors (Lipinski definition) is 0. The molecule has 3 fully saturated rings. The summed E-state index contributed by atoms with van der Waals surface area (Å²) in [6, 6.07) is 2.74. The largest absolute Gasteiger partial charge is 0.307 e. The van der Waals surface area contributed by atoms with Crippen LogP contribution in [0.3, 0.4) is 0 Å². The molecule has 0 aromatic heterocycles. The SMILES string of the molecule is [C-]#[N+]C1=C[C@]2(C)C3=CC(=O)[C@@H]4[C@@H]5CC(C)(C)CC[C@]5(C#N)CC[C@@]4(C)[C@]3(C)CC[C@H]2C(C)(C)C1=O. The fraction of sp³-hybridized carbons (Fsp3) is 0.742. The van der Waals surface area contributed by atoms with E-state index in [2.05, 4.69) is 45.5 Å². The molecule has 0 unspecified atom stereocenters. The van der Waals surface area contributed by atoms with E-state index < -0.39 is 16.2 Å². The molecule has 0 N–H and O–H groups in total. The van der Waals surface area contributed by atoms with Crippen molar-refractivity contribution in [2.75, 3.05) is 0 Å². The van der Waals surface area contributed by atoms with Gasteiger partial charge in [0.05, 0.1) is 18.1 Å². The first-order chi connectivity index (χ1) is 16.1. The molecule has 0 aromatic carbocycles. The van der Waals surface area contributed by atoms with Crippen molar-refractivity contribution in [2.45, 2.75) is 93.4 Å². The summed E-state index contributed by atoms with van der Waals surface area (Å²) in [4.78, 5) is 31.0. The molecule has 0 bridgehead atoms. The summed E-state index contributed by atoms with van der Waals surface area (Å²) in [5, 5.41) is 10.4. The molecule has 5 aliphatic rings. The minimum atomic E-state index is -0.637. The predicted octanol–water partition coefficient (Wildman–Crippen LogP) is 7.08. The number of ketones is 2. The number of rotatable bonds is 0. The first kappa shape index (κ1) is 24.5. The Bertz CT molecular complexity index is 1180. The van der Waals surface area contributed by atoms with E-state index in [0.717, 1.165) is 50.5 Å². The summed E-state index contributed by atoms with van der Waals surface area (Å²) in [7, 11) is 0. The highest BCUT2D eigenvalue weighted by atomic mass is 16.1. The summed E-state index contributed by atoms with van der Waals surface area (Å²) < 4.78 is 0. The lowest BCUT2D eigenvalue weighted by atomic mass is 9.34. The number of fused-ring (bicyclic) bond motifs is 7. The van der Waals surface area contributed by atoms with Gasteiger partial charge in [-0.3, -0.25) is 4.79 Å². The summed E-state index contributed by atoms with van der Waals surface area (Å²) in [5.41, 5.74) is -0.483. The van der Waals surface area contributed by atoms with E-state index in [4.69, 9.17) is 6.57 Å². The standard InChI is InChI=1S/C31H40N2O2/c1-26(2)11-13-31(18-32)14-12-30(7)24(19(31)16-26)21(34)15-23-28(5)17-20(33-8)25(35)27(3,4)22(28)9-10-29(23,30)6/h15,17,19,22,24H,9-14,16H2,1-7H3/t19-,22-,24-,28-,29+,30+,31+/m0/s1. The minimum absolute atomic E-state index is 0.0636. The van der Waals surface area contributed by atoms with Crippen LogP contribution in [0.1, 0.15) is 93.4 Å². The molecule has 0 aliphatic heterocycles. The lowest BCUT2D eigenvalue weighted by Crippen LogP contribution is -2.64. The van der Waals surface area contributed by atoms with Crippen LogP contribution in [0, 0.1) is 68.1 Å². The highest BCUT2D eigenvalue weighted by Crippen LogP contribution is 2.74. The topological polar surface area (TPSA) is 62.3 Å². The molecule has 4 nitrogen and oxygen atoms in total. The summed E-state index contributed by atoms with van der Waals surface area (Å²) >= 11 is 0. The van der Waals surface area contributed by atoms with Crippen molar-refractivity contribution in [1.29, 1.82) is 5.26 Å². The Morgan fingerprint density at radius 3 is 2.29 bits per heavy atom. The van der Waals surface area contributed by atoms with Gasteiger partial charge in [-0.2, -0.15) is 5.26 Å². The second kappa shape index (κ2) is 6.97. The molecule has 4 heteroatoms. The van der Waals surface area contributed by atoms with Crippen molar-refractivity contribution in [2.24, 2.45) is 50.2 Å². The Hall–Kier alpha value is -2.20. The van der Waals surface area contributed by atoms with E-state index in [1.54, 1.807) is 0 Å². The second-order valence-electron chi connectivity index (χ2n) is 14.5. The third kappa shape index (κ3) is 2.84. The molecule has 5 aliphatic carbocycles. The Morgan fingerprint density at radius 1 is 1.00 bits per heavy atom. The number of carbonyl (C=O) groups excluding carboxylic acids is 2. The van der Waals surface area contributed by atoms with E-state index >= 15 is 0 Å². The van der Waals surface area contributed by atoms with Crippen molar-refractivity contribution in [3.05, 3.63) is 34.8 Å². The average molecular weight is 473 g/mol. The number of nitrogens with zero attached hydrogens (tertiary/aromatic N) is 2. The fourth-order valence-electron chi connectivity index (χ4n) is 9.79. The Labute approximate surface area is 211 Å². The van der Waals surface area contributed by atoms with E-state index in [-0.39, 0.29) is 51.3 Å². The molecular formula is C31H40N2O2. The van der Waals surface area contributed by atoms with Gasteiger partial charge in [0, 0.05) is 16.7 Å². The summed E-state index contributed by atoms with van der Waals surface area (Å²) in [6.45, 7) is 23.1. The van der Waals surface area contributed by atoms with Gasteiger partial charge in [-0.25, -0.2) is 4.85 Å². The summed E-state index contributed by atoms with van der Waals surface area (Å²) in [6.07, 6.45) is 10.3. The quantitative estimate of drug-likeness (QED) is 0.354. The van der Waals surface area contributed by atoms with Gasteiger partial charge in [0.2, 0.25) is 5.70 Å². The van der Waals surface area contributed by atoms with Crippen molar-refractivity contribution in [1.82, 2.24) is 0 Å². The maximum atomic E-state index is 14.2. The van der Waals surface area contributed by atoms with Crippen LogP contribution in [-0.2, 0) is 9.59 Å². The Morgan fingerprint density at radius 2 is 1.66 bits per heavy atom. The van der Waals surface area contributed by atoms with Gasteiger partial charge in [-0.05, 0) is 79.1 Å². The molecule has 0 amide bonds. The zero-order valence-electron chi connectivity index (χ0n) is 22.5. The van der Waals surface area contributed by atoms with E-state index in [1.807, 2.05) is 26.0 Å². The number of hydrogen-bond acceptors (Lipinski definition) is 3. The number of carbonyl (C=O) groups is 2. The van der Waals surface area contributed by atoms with Crippen LogP contribution in [0.4, 0.5) is 0 Å². The maximum Gasteiger partial charge on any atom is 0.226 e. The third-order valence-electron chi connectivity index (χ3n) is 12.1. The fourth-order valence-corrected chi connectivity index (χ4v) is 9.79. The molecule has 0 heterocycles. The second-order valence-corrected chi connectivity index (χ2v) is 14.5. The van der Waals surface area contributed by atoms with Crippen LogP contribution in [0.5, 0.6) is 0 Å². The van der Waals surface area contributed by atoms with Crippen molar-refractivity contribution < 1.29 is 9.59 Å². The van der Waals surface area contributed by atoms with Gasteiger partial charge < -0.3 is 4.79 Å². The van der Waals surface area contributed by atoms with Crippen LogP contribution in [0.25, 0.3) is 4.85 Å². The van der Waals surface area contributed by atoms with Gasteiger partial charge in [0.25, 0.3) is 0 Å². The van der Waals surface area contributed by atoms with Gasteiger partial charge in [-0.1, -0.05) is 60.1 Å². The first-order valence-corrected chi connectivity index (χ1v) is 13.4. The lowest BCUT2D eigenvalue weighted by Gasteiger charge is -2.68. The van der Waals surface area contributed by atoms with E-state index in [0.29, 0.717) is 0 Å². The molecular weight excluding hydrogens is 432 g/mol. The lowest BCUT2D eigenvalue weighted by molar-refractivity contribution is -0.162. The molecule has 0 spiro atoms. The van der Waals surface area contributed by atoms with Gasteiger partial charge in [-0.15, -0.1) is 0 Å². The molecule has 0 aromatic rings. The van der Waals surface area contributed by atoms with Crippen LogP contribution < -0.4 is 0 Å². The smallest absolute Gasteiger partial charge is 0.226 e. The first-order valence-electron chi connectivity index (χ1n) is 13.4. The van der Waals surface area contributed by atoms with Crippen molar-refractivity contribution >= 4 is 11.6 Å². The van der Waals surface area contributed by atoms with E-state index in [9.17, 15) is 14.9 Å². The predicted molar refractivity (Wildman–Crippen MR) is 135 cm³/mol. The molecule has 35 heavy (non-hydrogen) atoms. The molecule has 5 rings (SSSR count). The molecule has 186 valence electrons.